The molecule has 2 aromatic carbocycles. The number of ketones is 1. The number of carbonyl (C=O) groups is 2. The number of Topliss-reactive ketones (excluding diaryl/α,β-unsaturated/α-hetero) is 1. The van der Waals surface area contributed by atoms with Gasteiger partial charge in [0.15, 0.2) is 11.5 Å². The third kappa shape index (κ3) is 2.87. The van der Waals surface area contributed by atoms with E-state index in [0.29, 0.717) is 12.3 Å². The van der Waals surface area contributed by atoms with Gasteiger partial charge in [0.2, 0.25) is 5.91 Å². The van der Waals surface area contributed by atoms with Gasteiger partial charge in [-0.25, -0.2) is 0 Å². The largest absolute Gasteiger partial charge is 0.461 e. The Labute approximate surface area is 145 Å². The third-order valence-corrected chi connectivity index (χ3v) is 4.54. The number of rotatable bonds is 5. The van der Waals surface area contributed by atoms with Gasteiger partial charge >= 0.3 is 0 Å². The number of nitrogens with zero attached hydrogens (tertiary/aromatic N) is 1. The number of para-hydroxylation sites is 1. The minimum Gasteiger partial charge on any atom is -0.461 e. The molecule has 1 aliphatic heterocycles. The van der Waals surface area contributed by atoms with Crippen molar-refractivity contribution in [3.8, 4) is 0 Å². The zero-order chi connectivity index (χ0) is 17.2. The highest BCUT2D eigenvalue weighted by atomic mass is 16.3. The quantitative estimate of drug-likeness (QED) is 0.659. The normalized spacial score (nSPS) is 16.1. The highest BCUT2D eigenvalue weighted by Crippen LogP contribution is 2.40. The van der Waals surface area contributed by atoms with Crippen molar-refractivity contribution >= 4 is 17.4 Å². The van der Waals surface area contributed by atoms with E-state index in [1.165, 1.54) is 6.26 Å². The molecule has 1 aliphatic rings. The predicted octanol–water partition coefficient (Wildman–Crippen LogP) is 4.18. The summed E-state index contributed by atoms with van der Waals surface area (Å²) in [5, 5.41) is 0. The fraction of sp³-hybridized carbons (Fsp3) is 0.143. The van der Waals surface area contributed by atoms with Crippen LogP contribution in [0.3, 0.4) is 0 Å². The summed E-state index contributed by atoms with van der Waals surface area (Å²) in [4.78, 5) is 27.2. The van der Waals surface area contributed by atoms with Crippen LogP contribution in [0.5, 0.6) is 0 Å². The summed E-state index contributed by atoms with van der Waals surface area (Å²) < 4.78 is 5.18. The van der Waals surface area contributed by atoms with Gasteiger partial charge in [-0.15, -0.1) is 0 Å². The van der Waals surface area contributed by atoms with E-state index in [1.54, 1.807) is 17.0 Å². The number of carbonyl (C=O) groups excluding carboxylic acids is 2. The Morgan fingerprint density at radius 3 is 2.48 bits per heavy atom. The molecule has 124 valence electrons. The molecule has 4 heteroatoms. The first-order chi connectivity index (χ1) is 12.2. The molecule has 1 aromatic heterocycles. The van der Waals surface area contributed by atoms with E-state index in [9.17, 15) is 9.59 Å². The van der Waals surface area contributed by atoms with Crippen LogP contribution in [-0.4, -0.2) is 11.7 Å². The van der Waals surface area contributed by atoms with Gasteiger partial charge in [-0.1, -0.05) is 48.5 Å². The maximum absolute atomic E-state index is 13.0. The van der Waals surface area contributed by atoms with E-state index >= 15 is 0 Å². The molecule has 0 N–H and O–H groups in total. The number of benzene rings is 2. The van der Waals surface area contributed by atoms with E-state index in [4.69, 9.17) is 4.42 Å². The molecule has 0 saturated carbocycles. The summed E-state index contributed by atoms with van der Waals surface area (Å²) in [7, 11) is 0. The van der Waals surface area contributed by atoms with Crippen LogP contribution in [-0.2, 0) is 11.3 Å². The molecule has 1 unspecified atom stereocenters. The van der Waals surface area contributed by atoms with E-state index in [2.05, 4.69) is 0 Å². The van der Waals surface area contributed by atoms with Gasteiger partial charge in [0.25, 0.3) is 0 Å². The first-order valence-electron chi connectivity index (χ1n) is 8.25. The fourth-order valence-corrected chi connectivity index (χ4v) is 3.32. The molecule has 0 aliphatic carbocycles. The SMILES string of the molecule is O=C(CC1C(=O)N(Cc2ccccc2)c2ccccc21)c1ccco1. The molecule has 3 aromatic rings. The van der Waals surface area contributed by atoms with E-state index < -0.39 is 5.92 Å². The summed E-state index contributed by atoms with van der Waals surface area (Å²) in [6.07, 6.45) is 1.59. The number of hydrogen-bond donors (Lipinski definition) is 0. The molecule has 1 atom stereocenters. The van der Waals surface area contributed by atoms with Crippen LogP contribution in [0.1, 0.15) is 34.0 Å². The molecule has 0 saturated heterocycles. The zero-order valence-electron chi connectivity index (χ0n) is 13.6. The zero-order valence-corrected chi connectivity index (χ0v) is 13.6. The van der Waals surface area contributed by atoms with Gasteiger partial charge in [-0.05, 0) is 29.3 Å². The lowest BCUT2D eigenvalue weighted by molar-refractivity contribution is -0.119. The van der Waals surface area contributed by atoms with E-state index in [-0.39, 0.29) is 18.1 Å². The number of fused-ring (bicyclic) bond motifs is 1. The summed E-state index contributed by atoms with van der Waals surface area (Å²) in [6, 6.07) is 20.9. The average molecular weight is 331 g/mol. The molecule has 0 bridgehead atoms. The van der Waals surface area contributed by atoms with Crippen molar-refractivity contribution in [2.45, 2.75) is 18.9 Å². The Morgan fingerprint density at radius 2 is 1.72 bits per heavy atom. The molecule has 4 rings (SSSR count). The van der Waals surface area contributed by atoms with Gasteiger partial charge < -0.3 is 9.32 Å². The van der Waals surface area contributed by atoms with Gasteiger partial charge in [-0.3, -0.25) is 9.59 Å². The number of anilines is 1. The summed E-state index contributed by atoms with van der Waals surface area (Å²) >= 11 is 0. The Kier molecular flexibility index (Phi) is 3.94. The monoisotopic (exact) mass is 331 g/mol. The first kappa shape index (κ1) is 15.4. The second-order valence-electron chi connectivity index (χ2n) is 6.13. The van der Waals surface area contributed by atoms with Crippen LogP contribution in [0.4, 0.5) is 5.69 Å². The maximum atomic E-state index is 13.0. The van der Waals surface area contributed by atoms with Crippen LogP contribution in [0, 0.1) is 0 Å². The Bertz CT molecular complexity index is 900. The minimum absolute atomic E-state index is 0.0371. The Balaban J connectivity index is 1.63. The summed E-state index contributed by atoms with van der Waals surface area (Å²) in [5.74, 6) is -0.353. The highest BCUT2D eigenvalue weighted by Gasteiger charge is 2.38. The first-order valence-corrected chi connectivity index (χ1v) is 8.25. The molecule has 1 amide bonds. The van der Waals surface area contributed by atoms with Gasteiger partial charge in [0.05, 0.1) is 18.7 Å². The van der Waals surface area contributed by atoms with Gasteiger partial charge in [-0.2, -0.15) is 0 Å². The van der Waals surface area contributed by atoms with Crippen molar-refractivity contribution in [1.82, 2.24) is 0 Å². The summed E-state index contributed by atoms with van der Waals surface area (Å²) in [6.45, 7) is 0.502. The van der Waals surface area contributed by atoms with Crippen molar-refractivity contribution in [3.05, 3.63) is 89.9 Å². The van der Waals surface area contributed by atoms with Crippen molar-refractivity contribution < 1.29 is 14.0 Å². The highest BCUT2D eigenvalue weighted by molar-refractivity contribution is 6.08. The summed E-state index contributed by atoms with van der Waals surface area (Å²) in [5.41, 5.74) is 2.85. The second-order valence-corrected chi connectivity index (χ2v) is 6.13. The van der Waals surface area contributed by atoms with Gasteiger partial charge in [0, 0.05) is 12.1 Å². The predicted molar refractivity (Wildman–Crippen MR) is 94.5 cm³/mol. The molecular formula is C21H17NO3. The van der Waals surface area contributed by atoms with Crippen molar-refractivity contribution in [2.24, 2.45) is 0 Å². The number of hydrogen-bond acceptors (Lipinski definition) is 3. The Hall–Kier alpha value is -3.14. The Morgan fingerprint density at radius 1 is 0.960 bits per heavy atom. The molecule has 0 spiro atoms. The van der Waals surface area contributed by atoms with Crippen LogP contribution in [0.15, 0.2) is 77.4 Å². The second kappa shape index (κ2) is 6.40. The van der Waals surface area contributed by atoms with Crippen LogP contribution in [0.2, 0.25) is 0 Å². The van der Waals surface area contributed by atoms with Crippen molar-refractivity contribution in [2.75, 3.05) is 4.90 Å². The number of furan rings is 1. The molecule has 0 radical (unpaired) electrons. The van der Waals surface area contributed by atoms with Crippen molar-refractivity contribution in [1.29, 1.82) is 0 Å². The van der Waals surface area contributed by atoms with E-state index in [0.717, 1.165) is 16.8 Å². The van der Waals surface area contributed by atoms with Crippen LogP contribution < -0.4 is 4.90 Å². The van der Waals surface area contributed by atoms with Gasteiger partial charge in [0.1, 0.15) is 0 Å². The molecule has 2 heterocycles. The van der Waals surface area contributed by atoms with Crippen LogP contribution >= 0.6 is 0 Å². The van der Waals surface area contributed by atoms with Crippen LogP contribution in [0.25, 0.3) is 0 Å². The van der Waals surface area contributed by atoms with Crippen molar-refractivity contribution in [3.63, 3.8) is 0 Å². The lowest BCUT2D eigenvalue weighted by Crippen LogP contribution is -2.29. The standard InChI is InChI=1S/C21H17NO3/c23-19(20-11-6-12-25-20)13-17-16-9-4-5-10-18(16)22(21(17)24)14-15-7-2-1-3-8-15/h1-12,17H,13-14H2. The lowest BCUT2D eigenvalue weighted by Gasteiger charge is -2.18. The minimum atomic E-state index is -0.461. The smallest absolute Gasteiger partial charge is 0.235 e. The maximum Gasteiger partial charge on any atom is 0.235 e. The molecular weight excluding hydrogens is 314 g/mol. The molecule has 4 nitrogen and oxygen atoms in total. The molecule has 25 heavy (non-hydrogen) atoms. The van der Waals surface area contributed by atoms with E-state index in [1.807, 2.05) is 54.6 Å². The third-order valence-electron chi connectivity index (χ3n) is 4.54. The average Bonchev–Trinajstić information content (AvgIpc) is 3.26. The fourth-order valence-electron chi connectivity index (χ4n) is 3.32. The number of amides is 1. The molecule has 0 fully saturated rings. The lowest BCUT2D eigenvalue weighted by atomic mass is 9.94. The topological polar surface area (TPSA) is 50.5 Å².